The average molecular weight is 445 g/mol. The number of hydrogen-bond acceptors (Lipinski definition) is 7. The van der Waals surface area contributed by atoms with Crippen molar-refractivity contribution >= 4 is 47.6 Å². The minimum absolute atomic E-state index is 0. The Bertz CT molecular complexity index is 1120. The number of ether oxygens (including phenoxy) is 2. The zero-order valence-electron chi connectivity index (χ0n) is 15.7. The highest BCUT2D eigenvalue weighted by Crippen LogP contribution is 2.54. The van der Waals surface area contributed by atoms with Gasteiger partial charge in [0.05, 0.1) is 29.3 Å². The van der Waals surface area contributed by atoms with E-state index >= 15 is 0 Å². The molecular weight excluding hydrogens is 428 g/mol. The molecule has 2 aromatic carbocycles. The molecule has 0 radical (unpaired) electrons. The molecule has 30 heavy (non-hydrogen) atoms. The molecule has 3 unspecified atom stereocenters. The Labute approximate surface area is 182 Å². The molecule has 2 aromatic rings. The first kappa shape index (κ1) is 20.3. The van der Waals surface area contributed by atoms with Crippen LogP contribution in [-0.4, -0.2) is 30.1 Å². The van der Waals surface area contributed by atoms with Crippen LogP contribution in [0.1, 0.15) is 11.5 Å². The maximum absolute atomic E-state index is 13.5. The molecule has 3 aliphatic heterocycles. The van der Waals surface area contributed by atoms with Crippen molar-refractivity contribution < 1.29 is 23.9 Å². The quantitative estimate of drug-likeness (QED) is 0.431. The number of methoxy groups -OCH3 is 1. The zero-order chi connectivity index (χ0) is 20.3. The molecule has 0 aromatic heterocycles. The van der Waals surface area contributed by atoms with E-state index in [1.807, 2.05) is 6.07 Å². The zero-order valence-corrected chi connectivity index (χ0v) is 17.4. The average Bonchev–Trinajstić information content (AvgIpc) is 2.97. The van der Waals surface area contributed by atoms with Crippen LogP contribution in [-0.2, 0) is 14.4 Å². The molecular formula is C21H17ClN2O5S. The van der Waals surface area contributed by atoms with Gasteiger partial charge in [0.2, 0.25) is 11.8 Å². The number of halogens is 1. The summed E-state index contributed by atoms with van der Waals surface area (Å²) in [5.74, 6) is -1.71. The number of esters is 1. The van der Waals surface area contributed by atoms with Crippen molar-refractivity contribution in [3.63, 3.8) is 0 Å². The van der Waals surface area contributed by atoms with Crippen LogP contribution < -0.4 is 20.1 Å². The predicted octanol–water partition coefficient (Wildman–Crippen LogP) is 2.59. The highest BCUT2D eigenvalue weighted by Gasteiger charge is 2.58. The Balaban J connectivity index is 0.00000218. The number of amides is 2. The van der Waals surface area contributed by atoms with Gasteiger partial charge >= 0.3 is 5.97 Å². The van der Waals surface area contributed by atoms with Crippen LogP contribution in [0, 0.1) is 5.92 Å². The first-order valence-electron chi connectivity index (χ1n) is 9.00. The van der Waals surface area contributed by atoms with E-state index in [4.69, 9.17) is 15.2 Å². The molecule has 154 valence electrons. The molecule has 3 atom stereocenters. The van der Waals surface area contributed by atoms with E-state index in [2.05, 4.69) is 0 Å². The van der Waals surface area contributed by atoms with Crippen molar-refractivity contribution in [2.24, 2.45) is 11.7 Å². The fraction of sp³-hybridized carbons (Fsp3) is 0.190. The molecule has 0 spiro atoms. The van der Waals surface area contributed by atoms with Crippen molar-refractivity contribution in [3.05, 3.63) is 64.7 Å². The predicted molar refractivity (Wildman–Crippen MR) is 114 cm³/mol. The smallest absolute Gasteiger partial charge is 0.342 e. The number of thioether (sulfide) groups is 1. The summed E-state index contributed by atoms with van der Waals surface area (Å²) in [5.41, 5.74) is 7.54. The normalized spacial score (nSPS) is 24.5. The Morgan fingerprint density at radius 1 is 1.07 bits per heavy atom. The topological polar surface area (TPSA) is 98.9 Å². The number of carbonyl (C=O) groups excluding carboxylic acids is 3. The third-order valence-electron chi connectivity index (χ3n) is 5.47. The number of fused-ring (bicyclic) bond motifs is 5. The van der Waals surface area contributed by atoms with Crippen LogP contribution in [0.25, 0.3) is 0 Å². The van der Waals surface area contributed by atoms with E-state index in [-0.39, 0.29) is 34.8 Å². The lowest BCUT2D eigenvalue weighted by molar-refractivity contribution is -0.131. The minimum Gasteiger partial charge on any atom is -0.497 e. The number of para-hydroxylation sites is 1. The second-order valence-electron chi connectivity index (χ2n) is 6.96. The number of carbonyl (C=O) groups is 3. The van der Waals surface area contributed by atoms with Gasteiger partial charge in [-0.1, -0.05) is 36.0 Å². The maximum atomic E-state index is 13.5. The van der Waals surface area contributed by atoms with Crippen molar-refractivity contribution in [2.75, 3.05) is 12.0 Å². The number of rotatable bonds is 2. The summed E-state index contributed by atoms with van der Waals surface area (Å²) in [6, 6.07) is 13.8. The van der Waals surface area contributed by atoms with E-state index in [0.717, 1.165) is 11.8 Å². The number of hydrogen-bond donors (Lipinski definition) is 1. The molecule has 3 aliphatic rings. The van der Waals surface area contributed by atoms with Crippen LogP contribution in [0.3, 0.4) is 0 Å². The van der Waals surface area contributed by atoms with Gasteiger partial charge in [-0.3, -0.25) is 9.59 Å². The molecule has 1 fully saturated rings. The summed E-state index contributed by atoms with van der Waals surface area (Å²) < 4.78 is 10.6. The lowest BCUT2D eigenvalue weighted by Gasteiger charge is -2.36. The van der Waals surface area contributed by atoms with Gasteiger partial charge in [0.1, 0.15) is 16.7 Å². The third-order valence-corrected chi connectivity index (χ3v) is 6.70. The first-order chi connectivity index (χ1) is 14.0. The number of benzene rings is 2. The van der Waals surface area contributed by atoms with E-state index in [0.29, 0.717) is 22.7 Å². The summed E-state index contributed by atoms with van der Waals surface area (Å²) in [5, 5.41) is -0.481. The van der Waals surface area contributed by atoms with E-state index in [1.165, 1.54) is 12.0 Å². The van der Waals surface area contributed by atoms with Crippen molar-refractivity contribution in [1.82, 2.24) is 0 Å². The SMILES string of the molecule is COc1cccc(N2C(=O)C3SC(N)=C4C(=O)Oc5ccccc5C4C3C2=O)c1.Cl. The largest absolute Gasteiger partial charge is 0.497 e. The minimum atomic E-state index is -0.741. The molecule has 3 heterocycles. The number of nitrogens with two attached hydrogens (primary N) is 1. The van der Waals surface area contributed by atoms with Crippen LogP contribution in [0.5, 0.6) is 11.5 Å². The van der Waals surface area contributed by atoms with E-state index in [1.54, 1.807) is 42.5 Å². The Hall–Kier alpha value is -2.97. The van der Waals surface area contributed by atoms with E-state index in [9.17, 15) is 14.4 Å². The van der Waals surface area contributed by atoms with Crippen molar-refractivity contribution in [3.8, 4) is 11.5 Å². The fourth-order valence-corrected chi connectivity index (χ4v) is 5.45. The van der Waals surface area contributed by atoms with Gasteiger partial charge < -0.3 is 15.2 Å². The molecule has 0 bridgehead atoms. The van der Waals surface area contributed by atoms with Gasteiger partial charge in [-0.25, -0.2) is 9.69 Å². The van der Waals surface area contributed by atoms with Crippen LogP contribution >= 0.6 is 24.2 Å². The Morgan fingerprint density at radius 2 is 1.83 bits per heavy atom. The number of imide groups is 1. The molecule has 0 saturated carbocycles. The summed E-state index contributed by atoms with van der Waals surface area (Å²) in [4.78, 5) is 40.5. The molecule has 5 rings (SSSR count). The molecule has 1 saturated heterocycles. The maximum Gasteiger partial charge on any atom is 0.342 e. The first-order valence-corrected chi connectivity index (χ1v) is 9.88. The standard InChI is InChI=1S/C21H16N2O5S.ClH/c1-27-11-6-4-5-10(9-11)23-19(24)15-14-12-7-2-3-8-13(12)28-21(26)16(14)18(22)29-17(15)20(23)25;/h2-9,14-15,17H,22H2,1H3;1H. The van der Waals surface area contributed by atoms with Gasteiger partial charge in [-0.05, 0) is 18.2 Å². The van der Waals surface area contributed by atoms with Crippen molar-refractivity contribution in [1.29, 1.82) is 0 Å². The molecule has 2 amide bonds. The van der Waals surface area contributed by atoms with Gasteiger partial charge in [0.25, 0.3) is 0 Å². The highest BCUT2D eigenvalue weighted by molar-refractivity contribution is 8.04. The fourth-order valence-electron chi connectivity index (χ4n) is 4.21. The summed E-state index contributed by atoms with van der Waals surface area (Å²) >= 11 is 1.05. The lowest BCUT2D eigenvalue weighted by Crippen LogP contribution is -2.39. The number of anilines is 1. The van der Waals surface area contributed by atoms with Gasteiger partial charge in [0, 0.05) is 17.5 Å². The van der Waals surface area contributed by atoms with Gasteiger partial charge in [-0.15, -0.1) is 12.4 Å². The lowest BCUT2D eigenvalue weighted by atomic mass is 9.77. The van der Waals surface area contributed by atoms with Gasteiger partial charge in [0.15, 0.2) is 0 Å². The van der Waals surface area contributed by atoms with Crippen LogP contribution in [0.15, 0.2) is 59.1 Å². The molecule has 2 N–H and O–H groups in total. The van der Waals surface area contributed by atoms with E-state index < -0.39 is 23.1 Å². The third kappa shape index (κ3) is 2.79. The molecule has 0 aliphatic carbocycles. The summed E-state index contributed by atoms with van der Waals surface area (Å²) in [7, 11) is 1.52. The van der Waals surface area contributed by atoms with Crippen LogP contribution in [0.2, 0.25) is 0 Å². The van der Waals surface area contributed by atoms with Crippen molar-refractivity contribution in [2.45, 2.75) is 11.2 Å². The summed E-state index contributed by atoms with van der Waals surface area (Å²) in [6.45, 7) is 0. The second-order valence-corrected chi connectivity index (χ2v) is 8.14. The highest BCUT2D eigenvalue weighted by atomic mass is 35.5. The second kappa shape index (κ2) is 7.37. The molecule has 9 heteroatoms. The Morgan fingerprint density at radius 3 is 2.60 bits per heavy atom. The molecule has 7 nitrogen and oxygen atoms in total. The monoisotopic (exact) mass is 444 g/mol. The number of nitrogens with zero attached hydrogens (tertiary/aromatic N) is 1. The van der Waals surface area contributed by atoms with Crippen LogP contribution in [0.4, 0.5) is 5.69 Å². The summed E-state index contributed by atoms with van der Waals surface area (Å²) in [6.07, 6.45) is 0. The Kier molecular flexibility index (Phi) is 4.99. The van der Waals surface area contributed by atoms with Gasteiger partial charge in [-0.2, -0.15) is 0 Å².